The van der Waals surface area contributed by atoms with Gasteiger partial charge < -0.3 is 9.47 Å². The molecule has 2 saturated heterocycles. The predicted molar refractivity (Wildman–Crippen MR) is 40.4 cm³/mol. The van der Waals surface area contributed by atoms with Crippen LogP contribution in [0.4, 0.5) is 0 Å². The summed E-state index contributed by atoms with van der Waals surface area (Å²) in [4.78, 5) is 0. The summed E-state index contributed by atoms with van der Waals surface area (Å²) >= 11 is 0. The molecule has 0 aromatic carbocycles. The summed E-state index contributed by atoms with van der Waals surface area (Å²) in [5.74, 6) is 0.829. The van der Waals surface area contributed by atoms with Gasteiger partial charge in [0.1, 0.15) is 5.60 Å². The minimum absolute atomic E-state index is 0.219. The van der Waals surface area contributed by atoms with Crippen molar-refractivity contribution in [2.24, 2.45) is 5.92 Å². The molecule has 0 N–H and O–H groups in total. The largest absolute Gasteiger partial charge is 0.378 e. The van der Waals surface area contributed by atoms with Gasteiger partial charge >= 0.3 is 0 Å². The Morgan fingerprint density at radius 1 is 1.18 bits per heavy atom. The molecule has 11 heavy (non-hydrogen) atoms. The molecular weight excluding hydrogens is 140 g/mol. The molecule has 2 aliphatic heterocycles. The zero-order valence-corrected chi connectivity index (χ0v) is 6.71. The number of hydrogen-bond donors (Lipinski definition) is 0. The van der Waals surface area contributed by atoms with Gasteiger partial charge in [0.15, 0.2) is 0 Å². The molecule has 2 heteroatoms. The zero-order valence-electron chi connectivity index (χ0n) is 6.71. The van der Waals surface area contributed by atoms with Gasteiger partial charge in [0.05, 0.1) is 12.7 Å². The topological polar surface area (TPSA) is 21.8 Å². The molecule has 2 nitrogen and oxygen atoms in total. The Morgan fingerprint density at radius 2 is 2.18 bits per heavy atom. The van der Waals surface area contributed by atoms with E-state index in [0.29, 0.717) is 6.10 Å². The van der Waals surface area contributed by atoms with Gasteiger partial charge in [0, 0.05) is 6.61 Å². The Bertz CT molecular complexity index is 178. The van der Waals surface area contributed by atoms with Gasteiger partial charge in [-0.2, -0.15) is 0 Å². The van der Waals surface area contributed by atoms with Crippen LogP contribution < -0.4 is 0 Å². The van der Waals surface area contributed by atoms with Crippen LogP contribution in [0.3, 0.4) is 0 Å². The van der Waals surface area contributed by atoms with E-state index in [1.54, 1.807) is 0 Å². The van der Waals surface area contributed by atoms with E-state index in [1.807, 2.05) is 0 Å². The summed E-state index contributed by atoms with van der Waals surface area (Å²) in [6, 6.07) is 0. The van der Waals surface area contributed by atoms with Crippen LogP contribution in [0.15, 0.2) is 0 Å². The maximum Gasteiger partial charge on any atom is 0.121 e. The molecule has 1 saturated carbocycles. The summed E-state index contributed by atoms with van der Waals surface area (Å²) in [5, 5.41) is 0. The molecule has 0 aromatic heterocycles. The summed E-state index contributed by atoms with van der Waals surface area (Å²) in [6.07, 6.45) is 5.83. The highest BCUT2D eigenvalue weighted by Crippen LogP contribution is 2.54. The van der Waals surface area contributed by atoms with Crippen LogP contribution in [0.25, 0.3) is 0 Å². The summed E-state index contributed by atoms with van der Waals surface area (Å²) < 4.78 is 11.2. The molecule has 3 fully saturated rings. The smallest absolute Gasteiger partial charge is 0.121 e. The molecular formula is C9H14O2. The molecule has 1 unspecified atom stereocenters. The lowest BCUT2D eigenvalue weighted by atomic mass is 9.77. The average Bonchev–Trinajstić information content (AvgIpc) is 2.75. The average molecular weight is 154 g/mol. The first-order valence-electron chi connectivity index (χ1n) is 4.67. The van der Waals surface area contributed by atoms with Crippen LogP contribution >= 0.6 is 0 Å². The maximum atomic E-state index is 5.74. The second-order valence-electron chi connectivity index (χ2n) is 4.03. The fraction of sp³-hybridized carbons (Fsp3) is 1.00. The fourth-order valence-electron chi connectivity index (χ4n) is 2.78. The highest BCUT2D eigenvalue weighted by atomic mass is 16.6. The normalized spacial score (nSPS) is 54.5. The number of epoxide rings is 1. The van der Waals surface area contributed by atoms with Crippen LogP contribution in [-0.4, -0.2) is 24.9 Å². The second-order valence-corrected chi connectivity index (χ2v) is 4.03. The molecule has 1 spiro atoms. The van der Waals surface area contributed by atoms with E-state index in [-0.39, 0.29) is 5.60 Å². The summed E-state index contributed by atoms with van der Waals surface area (Å²) in [6.45, 7) is 1.84. The standard InChI is InChI=1S/C9H14O2/c1-2-7-4-5-10-6-9(7)8(3-1)11-9/h7-8H,1-6H2/t7-,8?,9-/m1/s1. The zero-order chi connectivity index (χ0) is 7.31. The Morgan fingerprint density at radius 3 is 3.09 bits per heavy atom. The molecule has 0 radical (unpaired) electrons. The van der Waals surface area contributed by atoms with E-state index in [2.05, 4.69) is 0 Å². The van der Waals surface area contributed by atoms with Gasteiger partial charge in [-0.05, 0) is 25.2 Å². The van der Waals surface area contributed by atoms with Crippen molar-refractivity contribution in [2.45, 2.75) is 37.4 Å². The number of ether oxygens (including phenoxy) is 2. The van der Waals surface area contributed by atoms with E-state index >= 15 is 0 Å². The van der Waals surface area contributed by atoms with Crippen LogP contribution in [0.5, 0.6) is 0 Å². The SMILES string of the molecule is C1CC2O[C@@]23COCC[C@H]3C1. The number of rotatable bonds is 0. The molecule has 62 valence electrons. The Labute approximate surface area is 66.9 Å². The van der Waals surface area contributed by atoms with Crippen LogP contribution in [0, 0.1) is 5.92 Å². The van der Waals surface area contributed by atoms with E-state index in [0.717, 1.165) is 19.1 Å². The third kappa shape index (κ3) is 0.744. The highest BCUT2D eigenvalue weighted by molar-refractivity contribution is 5.10. The van der Waals surface area contributed by atoms with Gasteiger partial charge in [-0.25, -0.2) is 0 Å². The van der Waals surface area contributed by atoms with Crippen LogP contribution in [0.2, 0.25) is 0 Å². The third-order valence-corrected chi connectivity index (χ3v) is 3.50. The lowest BCUT2D eigenvalue weighted by Gasteiger charge is -2.32. The van der Waals surface area contributed by atoms with Crippen molar-refractivity contribution >= 4 is 0 Å². The minimum Gasteiger partial charge on any atom is -0.378 e. The van der Waals surface area contributed by atoms with Crippen molar-refractivity contribution in [1.82, 2.24) is 0 Å². The van der Waals surface area contributed by atoms with E-state index in [1.165, 1.54) is 25.7 Å². The monoisotopic (exact) mass is 154 g/mol. The molecule has 0 amide bonds. The van der Waals surface area contributed by atoms with E-state index in [4.69, 9.17) is 9.47 Å². The van der Waals surface area contributed by atoms with Crippen molar-refractivity contribution in [3.05, 3.63) is 0 Å². The van der Waals surface area contributed by atoms with Gasteiger partial charge in [-0.1, -0.05) is 6.42 Å². The molecule has 0 aromatic rings. The van der Waals surface area contributed by atoms with Crippen molar-refractivity contribution in [1.29, 1.82) is 0 Å². The first-order valence-corrected chi connectivity index (χ1v) is 4.67. The molecule has 2 heterocycles. The van der Waals surface area contributed by atoms with Gasteiger partial charge in [0.25, 0.3) is 0 Å². The molecule has 3 rings (SSSR count). The van der Waals surface area contributed by atoms with Crippen LogP contribution in [0.1, 0.15) is 25.7 Å². The Kier molecular flexibility index (Phi) is 1.16. The molecule has 3 aliphatic rings. The van der Waals surface area contributed by atoms with Gasteiger partial charge in [0.2, 0.25) is 0 Å². The Balaban J connectivity index is 1.84. The molecule has 3 atom stereocenters. The van der Waals surface area contributed by atoms with Crippen molar-refractivity contribution in [3.63, 3.8) is 0 Å². The Hall–Kier alpha value is -0.0800. The molecule has 1 aliphatic carbocycles. The van der Waals surface area contributed by atoms with E-state index in [9.17, 15) is 0 Å². The maximum absolute atomic E-state index is 5.74. The third-order valence-electron chi connectivity index (χ3n) is 3.50. The van der Waals surface area contributed by atoms with Crippen LogP contribution in [-0.2, 0) is 9.47 Å². The lowest BCUT2D eigenvalue weighted by Crippen LogP contribution is -2.40. The van der Waals surface area contributed by atoms with Gasteiger partial charge in [-0.15, -0.1) is 0 Å². The second kappa shape index (κ2) is 1.99. The summed E-state index contributed by atoms with van der Waals surface area (Å²) in [5.41, 5.74) is 0.219. The first-order chi connectivity index (χ1) is 5.42. The van der Waals surface area contributed by atoms with Crippen molar-refractivity contribution < 1.29 is 9.47 Å². The first kappa shape index (κ1) is 6.44. The van der Waals surface area contributed by atoms with Gasteiger partial charge in [-0.3, -0.25) is 0 Å². The number of hydrogen-bond acceptors (Lipinski definition) is 2. The van der Waals surface area contributed by atoms with Crippen molar-refractivity contribution in [3.8, 4) is 0 Å². The van der Waals surface area contributed by atoms with Crippen molar-refractivity contribution in [2.75, 3.05) is 13.2 Å². The lowest BCUT2D eigenvalue weighted by molar-refractivity contribution is -0.00926. The quantitative estimate of drug-likeness (QED) is 0.491. The molecule has 0 bridgehead atoms. The highest BCUT2D eigenvalue weighted by Gasteiger charge is 2.63. The predicted octanol–water partition coefficient (Wildman–Crippen LogP) is 1.34. The van der Waals surface area contributed by atoms with E-state index < -0.39 is 0 Å². The minimum atomic E-state index is 0.219. The summed E-state index contributed by atoms with van der Waals surface area (Å²) in [7, 11) is 0. The fourth-order valence-corrected chi connectivity index (χ4v) is 2.78.